The number of aromatic nitrogens is 1. The molecule has 0 aliphatic carbocycles. The fourth-order valence-corrected chi connectivity index (χ4v) is 3.87. The van der Waals surface area contributed by atoms with E-state index < -0.39 is 10.0 Å². The standard InChI is InChI=1S/C18H24N4O3S/c1-3-22(4-2)26(24,25)17-10-8-15(9-11-17)13-20-18(23)21-14-16-7-5-6-12-19-16/h5-12H,3-4,13-14H2,1-2H3,(H2,20,21,23). The molecule has 2 rings (SSSR count). The molecule has 0 saturated carbocycles. The summed E-state index contributed by atoms with van der Waals surface area (Å²) in [6.07, 6.45) is 1.67. The number of nitrogens with zero attached hydrogens (tertiary/aromatic N) is 2. The van der Waals surface area contributed by atoms with Gasteiger partial charge < -0.3 is 10.6 Å². The minimum Gasteiger partial charge on any atom is -0.334 e. The summed E-state index contributed by atoms with van der Waals surface area (Å²) < 4.78 is 26.3. The molecule has 140 valence electrons. The highest BCUT2D eigenvalue weighted by atomic mass is 32.2. The number of rotatable bonds is 8. The molecule has 0 radical (unpaired) electrons. The zero-order chi connectivity index (χ0) is 19.0. The molecule has 7 nitrogen and oxygen atoms in total. The molecule has 1 aromatic carbocycles. The molecule has 1 heterocycles. The number of carbonyl (C=O) groups excluding carboxylic acids is 1. The number of benzene rings is 1. The average Bonchev–Trinajstić information content (AvgIpc) is 2.66. The van der Waals surface area contributed by atoms with Gasteiger partial charge in [0.25, 0.3) is 0 Å². The van der Waals surface area contributed by atoms with Crippen molar-refractivity contribution in [2.45, 2.75) is 31.8 Å². The first kappa shape index (κ1) is 19.9. The van der Waals surface area contributed by atoms with Gasteiger partial charge in [0.1, 0.15) is 0 Å². The highest BCUT2D eigenvalue weighted by Crippen LogP contribution is 2.16. The van der Waals surface area contributed by atoms with Crippen LogP contribution >= 0.6 is 0 Å². The van der Waals surface area contributed by atoms with Crippen LogP contribution < -0.4 is 10.6 Å². The molecule has 1 aromatic heterocycles. The number of pyridine rings is 1. The second-order valence-corrected chi connectivity index (χ2v) is 7.53. The zero-order valence-electron chi connectivity index (χ0n) is 15.0. The Hall–Kier alpha value is -2.45. The van der Waals surface area contributed by atoms with E-state index >= 15 is 0 Å². The number of hydrogen-bond donors (Lipinski definition) is 2. The first-order chi connectivity index (χ1) is 12.5. The van der Waals surface area contributed by atoms with E-state index in [0.29, 0.717) is 26.2 Å². The van der Waals surface area contributed by atoms with Crippen LogP contribution in [0.15, 0.2) is 53.6 Å². The molecule has 0 fully saturated rings. The summed E-state index contributed by atoms with van der Waals surface area (Å²) in [4.78, 5) is 16.2. The van der Waals surface area contributed by atoms with Crippen molar-refractivity contribution in [3.8, 4) is 0 Å². The van der Waals surface area contributed by atoms with Gasteiger partial charge in [0.05, 0.1) is 17.1 Å². The van der Waals surface area contributed by atoms with Crippen molar-refractivity contribution in [2.75, 3.05) is 13.1 Å². The lowest BCUT2D eigenvalue weighted by Crippen LogP contribution is -2.34. The van der Waals surface area contributed by atoms with Crippen LogP contribution in [0.5, 0.6) is 0 Å². The number of amides is 2. The molecule has 0 unspecified atom stereocenters. The summed E-state index contributed by atoms with van der Waals surface area (Å²) in [5.74, 6) is 0. The highest BCUT2D eigenvalue weighted by molar-refractivity contribution is 7.89. The first-order valence-electron chi connectivity index (χ1n) is 8.48. The van der Waals surface area contributed by atoms with Crippen LogP contribution in [0.4, 0.5) is 4.79 Å². The van der Waals surface area contributed by atoms with Crippen LogP contribution in [-0.2, 0) is 23.1 Å². The molecule has 0 bridgehead atoms. The maximum absolute atomic E-state index is 12.4. The number of urea groups is 1. The lowest BCUT2D eigenvalue weighted by atomic mass is 10.2. The van der Waals surface area contributed by atoms with E-state index in [0.717, 1.165) is 11.3 Å². The fraction of sp³-hybridized carbons (Fsp3) is 0.333. The van der Waals surface area contributed by atoms with Crippen LogP contribution in [0.3, 0.4) is 0 Å². The van der Waals surface area contributed by atoms with Gasteiger partial charge in [-0.2, -0.15) is 4.31 Å². The van der Waals surface area contributed by atoms with Crippen LogP contribution in [0, 0.1) is 0 Å². The molecule has 0 aliphatic heterocycles. The summed E-state index contributed by atoms with van der Waals surface area (Å²) in [5.41, 5.74) is 1.59. The van der Waals surface area contributed by atoms with Crippen LogP contribution in [0.25, 0.3) is 0 Å². The number of nitrogens with one attached hydrogen (secondary N) is 2. The third-order valence-electron chi connectivity index (χ3n) is 3.88. The maximum Gasteiger partial charge on any atom is 0.315 e. The van der Waals surface area contributed by atoms with Crippen molar-refractivity contribution >= 4 is 16.1 Å². The van der Waals surface area contributed by atoms with E-state index in [4.69, 9.17) is 0 Å². The summed E-state index contributed by atoms with van der Waals surface area (Å²) in [6, 6.07) is 11.7. The highest BCUT2D eigenvalue weighted by Gasteiger charge is 2.21. The van der Waals surface area contributed by atoms with Crippen molar-refractivity contribution < 1.29 is 13.2 Å². The molecular weight excluding hydrogens is 352 g/mol. The first-order valence-corrected chi connectivity index (χ1v) is 9.92. The van der Waals surface area contributed by atoms with Gasteiger partial charge in [-0.1, -0.05) is 32.0 Å². The monoisotopic (exact) mass is 376 g/mol. The minimum atomic E-state index is -3.46. The van der Waals surface area contributed by atoms with E-state index in [-0.39, 0.29) is 10.9 Å². The third kappa shape index (κ3) is 5.27. The summed E-state index contributed by atoms with van der Waals surface area (Å²) in [5, 5.41) is 5.45. The lowest BCUT2D eigenvalue weighted by Gasteiger charge is -2.18. The zero-order valence-corrected chi connectivity index (χ0v) is 15.8. The van der Waals surface area contributed by atoms with E-state index in [2.05, 4.69) is 15.6 Å². The Morgan fingerprint density at radius 1 is 1.00 bits per heavy atom. The van der Waals surface area contributed by atoms with Crippen molar-refractivity contribution in [2.24, 2.45) is 0 Å². The Morgan fingerprint density at radius 3 is 2.23 bits per heavy atom. The smallest absolute Gasteiger partial charge is 0.315 e. The van der Waals surface area contributed by atoms with Gasteiger partial charge in [-0.05, 0) is 29.8 Å². The summed E-state index contributed by atoms with van der Waals surface area (Å²) in [6.45, 7) is 5.12. The van der Waals surface area contributed by atoms with Crippen molar-refractivity contribution in [3.63, 3.8) is 0 Å². The molecule has 26 heavy (non-hydrogen) atoms. The SMILES string of the molecule is CCN(CC)S(=O)(=O)c1ccc(CNC(=O)NCc2ccccn2)cc1. The maximum atomic E-state index is 12.4. The molecule has 0 spiro atoms. The summed E-state index contributed by atoms with van der Waals surface area (Å²) in [7, 11) is -3.46. The van der Waals surface area contributed by atoms with Gasteiger partial charge in [-0.15, -0.1) is 0 Å². The second kappa shape index (κ2) is 9.30. The van der Waals surface area contributed by atoms with Gasteiger partial charge in [0, 0.05) is 25.8 Å². The Bertz CT molecular complexity index is 804. The van der Waals surface area contributed by atoms with Gasteiger partial charge in [0.2, 0.25) is 10.0 Å². The predicted octanol–water partition coefficient (Wildman–Crippen LogP) is 2.11. The van der Waals surface area contributed by atoms with Crippen LogP contribution in [-0.4, -0.2) is 36.8 Å². The number of carbonyl (C=O) groups is 1. The van der Waals surface area contributed by atoms with Crippen molar-refractivity contribution in [3.05, 3.63) is 59.9 Å². The van der Waals surface area contributed by atoms with Crippen molar-refractivity contribution in [1.29, 1.82) is 0 Å². The largest absolute Gasteiger partial charge is 0.334 e. The Balaban J connectivity index is 1.88. The molecule has 0 aliphatic rings. The summed E-state index contributed by atoms with van der Waals surface area (Å²) >= 11 is 0. The molecule has 0 saturated heterocycles. The topological polar surface area (TPSA) is 91.4 Å². The minimum absolute atomic E-state index is 0.254. The Labute approximate surface area is 154 Å². The quantitative estimate of drug-likeness (QED) is 0.738. The van der Waals surface area contributed by atoms with E-state index in [1.54, 1.807) is 30.5 Å². The normalized spacial score (nSPS) is 11.3. The van der Waals surface area contributed by atoms with Gasteiger partial charge >= 0.3 is 6.03 Å². The average molecular weight is 376 g/mol. The van der Waals surface area contributed by atoms with Gasteiger partial charge in [0.15, 0.2) is 0 Å². The van der Waals surface area contributed by atoms with Crippen LogP contribution in [0.1, 0.15) is 25.1 Å². The number of hydrogen-bond acceptors (Lipinski definition) is 4. The van der Waals surface area contributed by atoms with Gasteiger partial charge in [-0.25, -0.2) is 13.2 Å². The lowest BCUT2D eigenvalue weighted by molar-refractivity contribution is 0.240. The number of sulfonamides is 1. The van der Waals surface area contributed by atoms with E-state index in [1.807, 2.05) is 32.0 Å². The molecular formula is C18H24N4O3S. The van der Waals surface area contributed by atoms with Gasteiger partial charge in [-0.3, -0.25) is 4.98 Å². The second-order valence-electron chi connectivity index (χ2n) is 5.59. The molecule has 0 atom stereocenters. The van der Waals surface area contributed by atoms with E-state index in [9.17, 15) is 13.2 Å². The third-order valence-corrected chi connectivity index (χ3v) is 5.94. The van der Waals surface area contributed by atoms with E-state index in [1.165, 1.54) is 4.31 Å². The fourth-order valence-electron chi connectivity index (χ4n) is 2.41. The van der Waals surface area contributed by atoms with Crippen LogP contribution in [0.2, 0.25) is 0 Å². The Morgan fingerprint density at radius 2 is 1.65 bits per heavy atom. The van der Waals surface area contributed by atoms with Crippen molar-refractivity contribution in [1.82, 2.24) is 19.9 Å². The Kier molecular flexibility index (Phi) is 7.11. The molecule has 8 heteroatoms. The molecule has 2 N–H and O–H groups in total. The molecule has 2 amide bonds. The molecule has 2 aromatic rings. The predicted molar refractivity (Wildman–Crippen MR) is 99.9 cm³/mol.